The zero-order valence-electron chi connectivity index (χ0n) is 9.78. The minimum absolute atomic E-state index is 0.0226. The number of rotatable bonds is 2. The van der Waals surface area contributed by atoms with Gasteiger partial charge in [-0.15, -0.1) is 0 Å². The maximum atomic E-state index is 12.6. The molecule has 2 rings (SSSR count). The lowest BCUT2D eigenvalue weighted by atomic mass is 10.2. The Morgan fingerprint density at radius 1 is 1.37 bits per heavy atom. The van der Waals surface area contributed by atoms with Crippen LogP contribution in [-0.2, 0) is 10.9 Å². The minimum atomic E-state index is -4.55. The molecule has 0 spiro atoms. The van der Waals surface area contributed by atoms with E-state index in [1.165, 1.54) is 4.90 Å². The van der Waals surface area contributed by atoms with Crippen molar-refractivity contribution in [2.45, 2.75) is 6.18 Å². The first-order chi connectivity index (χ1) is 8.89. The number of aromatic carboxylic acids is 1. The number of hydrogen-bond donors (Lipinski definition) is 1. The number of ether oxygens (including phenoxy) is 1. The molecule has 0 amide bonds. The zero-order valence-corrected chi connectivity index (χ0v) is 9.78. The van der Waals surface area contributed by atoms with Crippen molar-refractivity contribution >= 4 is 11.7 Å². The van der Waals surface area contributed by atoms with E-state index < -0.39 is 17.7 Å². The Bertz CT molecular complexity index is 485. The molecule has 0 unspecified atom stereocenters. The van der Waals surface area contributed by atoms with Crippen LogP contribution in [0.5, 0.6) is 0 Å². The Kier molecular flexibility index (Phi) is 3.61. The van der Waals surface area contributed by atoms with E-state index in [0.29, 0.717) is 32.5 Å². The van der Waals surface area contributed by atoms with Gasteiger partial charge in [-0.25, -0.2) is 9.78 Å². The number of anilines is 1. The maximum Gasteiger partial charge on any atom is 0.417 e. The number of morpholine rings is 1. The molecule has 5 nitrogen and oxygen atoms in total. The van der Waals surface area contributed by atoms with Gasteiger partial charge in [0.2, 0.25) is 0 Å². The van der Waals surface area contributed by atoms with E-state index in [4.69, 9.17) is 9.84 Å². The van der Waals surface area contributed by atoms with Crippen molar-refractivity contribution < 1.29 is 27.8 Å². The standard InChI is InChI=1S/C11H11F3N2O3/c12-11(13,14)7-5-8(9(10(17)18)15-6-7)16-1-3-19-4-2-16/h5-6H,1-4H2,(H,17,18). The summed E-state index contributed by atoms with van der Waals surface area (Å²) in [4.78, 5) is 16.0. The highest BCUT2D eigenvalue weighted by Gasteiger charge is 2.33. The molecule has 1 aliphatic rings. The van der Waals surface area contributed by atoms with Crippen LogP contribution in [0.25, 0.3) is 0 Å². The average Bonchev–Trinajstić information content (AvgIpc) is 2.38. The van der Waals surface area contributed by atoms with Crippen LogP contribution in [0, 0.1) is 0 Å². The molecule has 0 bridgehead atoms. The van der Waals surface area contributed by atoms with E-state index in [2.05, 4.69) is 4.98 Å². The van der Waals surface area contributed by atoms with Crippen LogP contribution in [0.1, 0.15) is 16.1 Å². The summed E-state index contributed by atoms with van der Waals surface area (Å²) < 4.78 is 43.0. The summed E-state index contributed by atoms with van der Waals surface area (Å²) in [5.41, 5.74) is -1.36. The molecule has 1 saturated heterocycles. The second-order valence-electron chi connectivity index (χ2n) is 3.99. The highest BCUT2D eigenvalue weighted by Crippen LogP contribution is 2.32. The number of pyridine rings is 1. The van der Waals surface area contributed by atoms with Gasteiger partial charge in [-0.1, -0.05) is 0 Å². The lowest BCUT2D eigenvalue weighted by molar-refractivity contribution is -0.137. The van der Waals surface area contributed by atoms with Crippen LogP contribution in [-0.4, -0.2) is 42.4 Å². The van der Waals surface area contributed by atoms with Gasteiger partial charge in [0.1, 0.15) is 0 Å². The Labute approximate surface area is 106 Å². The van der Waals surface area contributed by atoms with E-state index in [-0.39, 0.29) is 11.4 Å². The molecule has 1 N–H and O–H groups in total. The fourth-order valence-electron chi connectivity index (χ4n) is 1.82. The number of nitrogens with zero attached hydrogens (tertiary/aromatic N) is 2. The Balaban J connectivity index is 2.44. The predicted molar refractivity (Wildman–Crippen MR) is 59.2 cm³/mol. The van der Waals surface area contributed by atoms with Gasteiger partial charge in [0, 0.05) is 19.3 Å². The number of carboxylic acid groups (broad SMARTS) is 1. The van der Waals surface area contributed by atoms with Crippen molar-refractivity contribution in [2.24, 2.45) is 0 Å². The SMILES string of the molecule is O=C(O)c1ncc(C(F)(F)F)cc1N1CCOCC1. The number of carbonyl (C=O) groups is 1. The van der Waals surface area contributed by atoms with Gasteiger partial charge in [0.05, 0.1) is 24.5 Å². The molecule has 0 saturated carbocycles. The molecule has 0 aliphatic carbocycles. The summed E-state index contributed by atoms with van der Waals surface area (Å²) in [5.74, 6) is -1.35. The van der Waals surface area contributed by atoms with Gasteiger partial charge in [0.15, 0.2) is 5.69 Å². The Hall–Kier alpha value is -1.83. The first-order valence-electron chi connectivity index (χ1n) is 5.53. The van der Waals surface area contributed by atoms with Crippen molar-refractivity contribution in [3.63, 3.8) is 0 Å². The van der Waals surface area contributed by atoms with Crippen molar-refractivity contribution in [1.82, 2.24) is 4.98 Å². The molecular formula is C11H11F3N2O3. The lowest BCUT2D eigenvalue weighted by Crippen LogP contribution is -2.37. The third kappa shape index (κ3) is 2.95. The van der Waals surface area contributed by atoms with E-state index >= 15 is 0 Å². The minimum Gasteiger partial charge on any atom is -0.476 e. The van der Waals surface area contributed by atoms with E-state index in [1.54, 1.807) is 0 Å². The quantitative estimate of drug-likeness (QED) is 0.889. The third-order valence-corrected chi connectivity index (χ3v) is 2.75. The van der Waals surface area contributed by atoms with Gasteiger partial charge in [-0.05, 0) is 6.07 Å². The third-order valence-electron chi connectivity index (χ3n) is 2.75. The second kappa shape index (κ2) is 5.04. The summed E-state index contributed by atoms with van der Waals surface area (Å²) in [7, 11) is 0. The van der Waals surface area contributed by atoms with Crippen molar-refractivity contribution in [3.05, 3.63) is 23.5 Å². The van der Waals surface area contributed by atoms with Crippen molar-refractivity contribution in [2.75, 3.05) is 31.2 Å². The van der Waals surface area contributed by atoms with Gasteiger partial charge in [-0.3, -0.25) is 0 Å². The molecule has 1 aromatic rings. The molecule has 8 heteroatoms. The summed E-state index contributed by atoms with van der Waals surface area (Å²) in [6, 6.07) is 0.821. The summed E-state index contributed by atoms with van der Waals surface area (Å²) in [5, 5.41) is 8.99. The predicted octanol–water partition coefficient (Wildman–Crippen LogP) is 1.64. The molecular weight excluding hydrogens is 265 g/mol. The smallest absolute Gasteiger partial charge is 0.417 e. The summed E-state index contributed by atoms with van der Waals surface area (Å²) in [6.45, 7) is 1.36. The summed E-state index contributed by atoms with van der Waals surface area (Å²) >= 11 is 0. The molecule has 0 radical (unpaired) electrons. The van der Waals surface area contributed by atoms with E-state index in [1.807, 2.05) is 0 Å². The van der Waals surface area contributed by atoms with Crippen molar-refractivity contribution in [1.29, 1.82) is 0 Å². The number of carboxylic acids is 1. The van der Waals surface area contributed by atoms with Gasteiger partial charge < -0.3 is 14.7 Å². The maximum absolute atomic E-state index is 12.6. The van der Waals surface area contributed by atoms with Crippen LogP contribution in [0.15, 0.2) is 12.3 Å². The molecule has 1 aliphatic heterocycles. The number of aromatic nitrogens is 1. The topological polar surface area (TPSA) is 62.7 Å². The van der Waals surface area contributed by atoms with Crippen LogP contribution < -0.4 is 4.90 Å². The van der Waals surface area contributed by atoms with E-state index in [0.717, 1.165) is 6.07 Å². The molecule has 0 aromatic carbocycles. The fraction of sp³-hybridized carbons (Fsp3) is 0.455. The van der Waals surface area contributed by atoms with Crippen molar-refractivity contribution in [3.8, 4) is 0 Å². The molecule has 19 heavy (non-hydrogen) atoms. The zero-order chi connectivity index (χ0) is 14.0. The average molecular weight is 276 g/mol. The largest absolute Gasteiger partial charge is 0.476 e. The monoisotopic (exact) mass is 276 g/mol. The highest BCUT2D eigenvalue weighted by atomic mass is 19.4. The van der Waals surface area contributed by atoms with Crippen LogP contribution in [0.2, 0.25) is 0 Å². The first kappa shape index (κ1) is 13.6. The molecule has 2 heterocycles. The molecule has 1 fully saturated rings. The normalized spacial score (nSPS) is 16.5. The van der Waals surface area contributed by atoms with E-state index in [9.17, 15) is 18.0 Å². The second-order valence-corrected chi connectivity index (χ2v) is 3.99. The van der Waals surface area contributed by atoms with Gasteiger partial charge >= 0.3 is 12.1 Å². The molecule has 0 atom stereocenters. The number of halogens is 3. The Morgan fingerprint density at radius 2 is 2.00 bits per heavy atom. The number of alkyl halides is 3. The van der Waals surface area contributed by atoms with Gasteiger partial charge in [0.25, 0.3) is 0 Å². The van der Waals surface area contributed by atoms with Crippen LogP contribution >= 0.6 is 0 Å². The molecule has 1 aromatic heterocycles. The molecule has 104 valence electrons. The fourth-order valence-corrected chi connectivity index (χ4v) is 1.82. The van der Waals surface area contributed by atoms with Crippen LogP contribution in [0.4, 0.5) is 18.9 Å². The summed E-state index contributed by atoms with van der Waals surface area (Å²) in [6.07, 6.45) is -4.02. The Morgan fingerprint density at radius 3 is 2.53 bits per heavy atom. The lowest BCUT2D eigenvalue weighted by Gasteiger charge is -2.29. The first-order valence-corrected chi connectivity index (χ1v) is 5.53. The van der Waals surface area contributed by atoms with Crippen LogP contribution in [0.3, 0.4) is 0 Å². The highest BCUT2D eigenvalue weighted by molar-refractivity contribution is 5.92. The van der Waals surface area contributed by atoms with Gasteiger partial charge in [-0.2, -0.15) is 13.2 Å². The number of hydrogen-bond acceptors (Lipinski definition) is 4.